The van der Waals surface area contributed by atoms with Crippen molar-refractivity contribution in [2.24, 2.45) is 0 Å². The van der Waals surface area contributed by atoms with Crippen LogP contribution >= 0.6 is 0 Å². The van der Waals surface area contributed by atoms with Crippen LogP contribution in [0.15, 0.2) is 4.52 Å². The average molecular weight is 320 g/mol. The van der Waals surface area contributed by atoms with E-state index in [2.05, 4.69) is 27.3 Å². The summed E-state index contributed by atoms with van der Waals surface area (Å²) in [7, 11) is 2.17. The van der Waals surface area contributed by atoms with Crippen molar-refractivity contribution in [1.29, 1.82) is 0 Å². The fourth-order valence-corrected chi connectivity index (χ4v) is 3.40. The SMILES string of the molecule is CN1CCN(CCCNC(=O)c2noc3c2CCCCC3)CC1. The number of rotatable bonds is 5. The van der Waals surface area contributed by atoms with Gasteiger partial charge >= 0.3 is 0 Å². The molecule has 0 bridgehead atoms. The van der Waals surface area contributed by atoms with Crippen LogP contribution in [0.3, 0.4) is 0 Å². The van der Waals surface area contributed by atoms with Crippen LogP contribution in [0, 0.1) is 0 Å². The fourth-order valence-electron chi connectivity index (χ4n) is 3.40. The van der Waals surface area contributed by atoms with Gasteiger partial charge in [-0.25, -0.2) is 0 Å². The van der Waals surface area contributed by atoms with E-state index >= 15 is 0 Å². The number of amides is 1. The maximum atomic E-state index is 12.3. The van der Waals surface area contributed by atoms with Crippen LogP contribution in [0.2, 0.25) is 0 Å². The number of hydrogen-bond acceptors (Lipinski definition) is 5. The van der Waals surface area contributed by atoms with Crippen LogP contribution < -0.4 is 5.32 Å². The number of aromatic nitrogens is 1. The molecule has 128 valence electrons. The Labute approximate surface area is 138 Å². The number of hydrogen-bond donors (Lipinski definition) is 1. The van der Waals surface area contributed by atoms with E-state index in [1.54, 1.807) is 0 Å². The number of piperazine rings is 1. The Hall–Kier alpha value is -1.40. The van der Waals surface area contributed by atoms with Crippen LogP contribution in [0.5, 0.6) is 0 Å². The first-order valence-corrected chi connectivity index (χ1v) is 8.90. The standard InChI is InChI=1S/C17H28N4O2/c1-20-10-12-21(13-11-20)9-5-8-18-17(22)16-14-6-3-2-4-7-15(14)23-19-16/h2-13H2,1H3,(H,18,22). The molecule has 2 heterocycles. The molecule has 1 aliphatic carbocycles. The predicted molar refractivity (Wildman–Crippen MR) is 88.6 cm³/mol. The minimum absolute atomic E-state index is 0.0738. The van der Waals surface area contributed by atoms with Crippen molar-refractivity contribution >= 4 is 5.91 Å². The number of carbonyl (C=O) groups is 1. The molecule has 1 saturated heterocycles. The molecule has 1 N–H and O–H groups in total. The van der Waals surface area contributed by atoms with E-state index in [1.165, 1.54) is 6.42 Å². The van der Waals surface area contributed by atoms with Crippen molar-refractivity contribution < 1.29 is 9.32 Å². The van der Waals surface area contributed by atoms with Gasteiger partial charge in [0.1, 0.15) is 5.76 Å². The maximum absolute atomic E-state index is 12.3. The smallest absolute Gasteiger partial charge is 0.273 e. The fraction of sp³-hybridized carbons (Fsp3) is 0.765. The number of likely N-dealkylation sites (N-methyl/N-ethyl adjacent to an activating group) is 1. The van der Waals surface area contributed by atoms with E-state index in [9.17, 15) is 4.79 Å². The van der Waals surface area contributed by atoms with Gasteiger partial charge in [-0.15, -0.1) is 0 Å². The Kier molecular flexibility index (Phi) is 5.67. The van der Waals surface area contributed by atoms with Crippen LogP contribution in [-0.4, -0.2) is 67.2 Å². The maximum Gasteiger partial charge on any atom is 0.273 e. The van der Waals surface area contributed by atoms with Gasteiger partial charge in [-0.3, -0.25) is 4.79 Å². The first-order chi connectivity index (χ1) is 11.2. The molecule has 1 aromatic heterocycles. The number of nitrogens with zero attached hydrogens (tertiary/aromatic N) is 3. The third kappa shape index (κ3) is 4.32. The summed E-state index contributed by atoms with van der Waals surface area (Å²) in [6.45, 7) is 6.27. The molecule has 0 radical (unpaired) electrons. The highest BCUT2D eigenvalue weighted by Gasteiger charge is 2.22. The Morgan fingerprint density at radius 2 is 1.96 bits per heavy atom. The molecule has 0 saturated carbocycles. The lowest BCUT2D eigenvalue weighted by atomic mass is 10.1. The van der Waals surface area contributed by atoms with Crippen LogP contribution in [0.4, 0.5) is 0 Å². The Morgan fingerprint density at radius 1 is 1.17 bits per heavy atom. The Balaban J connectivity index is 1.42. The van der Waals surface area contributed by atoms with Gasteiger partial charge in [0.2, 0.25) is 0 Å². The summed E-state index contributed by atoms with van der Waals surface area (Å²) >= 11 is 0. The van der Waals surface area contributed by atoms with E-state index in [-0.39, 0.29) is 5.91 Å². The molecule has 23 heavy (non-hydrogen) atoms. The summed E-state index contributed by atoms with van der Waals surface area (Å²) in [4.78, 5) is 17.2. The lowest BCUT2D eigenvalue weighted by Gasteiger charge is -2.32. The van der Waals surface area contributed by atoms with Crippen LogP contribution in [0.1, 0.15) is 47.5 Å². The summed E-state index contributed by atoms with van der Waals surface area (Å²) in [5.41, 5.74) is 1.56. The second kappa shape index (κ2) is 7.93. The first-order valence-electron chi connectivity index (χ1n) is 8.90. The zero-order valence-corrected chi connectivity index (χ0v) is 14.1. The molecular weight excluding hydrogens is 292 g/mol. The number of nitrogens with one attached hydrogen (secondary N) is 1. The van der Waals surface area contributed by atoms with Gasteiger partial charge in [0.05, 0.1) is 0 Å². The molecule has 1 amide bonds. The van der Waals surface area contributed by atoms with Gasteiger partial charge in [0.15, 0.2) is 5.69 Å². The minimum atomic E-state index is -0.0738. The molecule has 1 fully saturated rings. The van der Waals surface area contributed by atoms with Crippen molar-refractivity contribution in [2.45, 2.75) is 38.5 Å². The van der Waals surface area contributed by atoms with E-state index in [0.717, 1.165) is 76.2 Å². The van der Waals surface area contributed by atoms with E-state index in [4.69, 9.17) is 4.52 Å². The van der Waals surface area contributed by atoms with E-state index in [0.29, 0.717) is 12.2 Å². The van der Waals surface area contributed by atoms with Crippen LogP contribution in [-0.2, 0) is 12.8 Å². The highest BCUT2D eigenvalue weighted by atomic mass is 16.5. The number of carbonyl (C=O) groups excluding carboxylic acids is 1. The van der Waals surface area contributed by atoms with Crippen molar-refractivity contribution in [1.82, 2.24) is 20.3 Å². The van der Waals surface area contributed by atoms with Gasteiger partial charge in [-0.1, -0.05) is 11.6 Å². The monoisotopic (exact) mass is 320 g/mol. The molecular formula is C17H28N4O2. The largest absolute Gasteiger partial charge is 0.360 e. The predicted octanol–water partition coefficient (Wildman–Crippen LogP) is 1.31. The first kappa shape index (κ1) is 16.5. The lowest BCUT2D eigenvalue weighted by Crippen LogP contribution is -2.45. The van der Waals surface area contributed by atoms with Gasteiger partial charge in [-0.2, -0.15) is 0 Å². The quantitative estimate of drug-likeness (QED) is 0.655. The molecule has 0 unspecified atom stereocenters. The third-order valence-electron chi connectivity index (χ3n) is 4.95. The number of aryl methyl sites for hydroxylation is 1. The van der Waals surface area contributed by atoms with Crippen molar-refractivity contribution in [3.63, 3.8) is 0 Å². The average Bonchev–Trinajstić information content (AvgIpc) is 2.82. The van der Waals surface area contributed by atoms with Crippen molar-refractivity contribution in [3.05, 3.63) is 17.0 Å². The lowest BCUT2D eigenvalue weighted by molar-refractivity contribution is 0.0939. The Bertz CT molecular complexity index is 521. The molecule has 1 aromatic rings. The molecule has 0 aromatic carbocycles. The molecule has 0 atom stereocenters. The summed E-state index contributed by atoms with van der Waals surface area (Å²) in [5.74, 6) is 0.848. The van der Waals surface area contributed by atoms with E-state index in [1.807, 2.05) is 0 Å². The normalized spacial score (nSPS) is 20.0. The molecule has 2 aliphatic rings. The molecule has 6 heteroatoms. The topological polar surface area (TPSA) is 61.6 Å². The third-order valence-corrected chi connectivity index (χ3v) is 4.95. The number of fused-ring (bicyclic) bond motifs is 1. The van der Waals surface area contributed by atoms with Crippen molar-refractivity contribution in [3.8, 4) is 0 Å². The van der Waals surface area contributed by atoms with Gasteiger partial charge in [0.25, 0.3) is 5.91 Å². The molecule has 3 rings (SSSR count). The minimum Gasteiger partial charge on any atom is -0.360 e. The molecule has 1 aliphatic heterocycles. The highest BCUT2D eigenvalue weighted by Crippen LogP contribution is 2.23. The van der Waals surface area contributed by atoms with Crippen molar-refractivity contribution in [2.75, 3.05) is 46.3 Å². The summed E-state index contributed by atoms with van der Waals surface area (Å²) < 4.78 is 5.38. The zero-order chi connectivity index (χ0) is 16.1. The second-order valence-corrected chi connectivity index (χ2v) is 6.75. The van der Waals surface area contributed by atoms with Crippen LogP contribution in [0.25, 0.3) is 0 Å². The van der Waals surface area contributed by atoms with Gasteiger partial charge < -0.3 is 19.6 Å². The summed E-state index contributed by atoms with van der Waals surface area (Å²) in [5, 5.41) is 7.02. The summed E-state index contributed by atoms with van der Waals surface area (Å²) in [6, 6.07) is 0. The van der Waals surface area contributed by atoms with Gasteiger partial charge in [-0.05, 0) is 39.3 Å². The second-order valence-electron chi connectivity index (χ2n) is 6.75. The molecule has 6 nitrogen and oxygen atoms in total. The summed E-state index contributed by atoms with van der Waals surface area (Å²) in [6.07, 6.45) is 6.28. The highest BCUT2D eigenvalue weighted by molar-refractivity contribution is 5.93. The zero-order valence-electron chi connectivity index (χ0n) is 14.1. The van der Waals surface area contributed by atoms with E-state index < -0.39 is 0 Å². The van der Waals surface area contributed by atoms with Gasteiger partial charge in [0, 0.05) is 44.7 Å². The molecule has 0 spiro atoms. The Morgan fingerprint density at radius 3 is 2.78 bits per heavy atom.